The summed E-state index contributed by atoms with van der Waals surface area (Å²) in [6.45, 7) is 2.36. The predicted molar refractivity (Wildman–Crippen MR) is 98.9 cm³/mol. The molecule has 1 aliphatic heterocycles. The monoisotopic (exact) mass is 350 g/mol. The Labute approximate surface area is 150 Å². The van der Waals surface area contributed by atoms with Crippen molar-refractivity contribution in [1.82, 2.24) is 19.9 Å². The van der Waals surface area contributed by atoms with Crippen LogP contribution in [0.5, 0.6) is 0 Å². The highest BCUT2D eigenvalue weighted by Crippen LogP contribution is 2.37. The summed E-state index contributed by atoms with van der Waals surface area (Å²) in [5, 5.41) is 1.02. The highest BCUT2D eigenvalue weighted by Gasteiger charge is 2.31. The number of aryl methyl sites for hydroxylation is 1. The van der Waals surface area contributed by atoms with Crippen molar-refractivity contribution in [3.8, 4) is 0 Å². The Balaban J connectivity index is 1.66. The summed E-state index contributed by atoms with van der Waals surface area (Å²) in [6.07, 6.45) is 4.03. The van der Waals surface area contributed by atoms with Crippen LogP contribution in [0, 0.1) is 6.92 Å². The molecule has 0 aliphatic carbocycles. The fourth-order valence-corrected chi connectivity index (χ4v) is 4.12. The third kappa shape index (κ3) is 3.35. The minimum atomic E-state index is -0.0889. The van der Waals surface area contributed by atoms with Gasteiger partial charge in [-0.2, -0.15) is 0 Å². The Morgan fingerprint density at radius 2 is 2.04 bits per heavy atom. The van der Waals surface area contributed by atoms with Gasteiger partial charge in [-0.15, -0.1) is 11.8 Å². The number of hydrogen-bond donors (Lipinski definition) is 0. The number of aromatic nitrogens is 3. The van der Waals surface area contributed by atoms with E-state index in [-0.39, 0.29) is 11.3 Å². The lowest BCUT2D eigenvalue weighted by Gasteiger charge is -2.34. The van der Waals surface area contributed by atoms with Gasteiger partial charge in [0.2, 0.25) is 5.91 Å². The molecule has 0 saturated carbocycles. The van der Waals surface area contributed by atoms with Crippen molar-refractivity contribution in [2.45, 2.75) is 25.3 Å². The van der Waals surface area contributed by atoms with Crippen molar-refractivity contribution in [3.05, 3.63) is 65.9 Å². The van der Waals surface area contributed by atoms with Crippen molar-refractivity contribution in [1.29, 1.82) is 0 Å². The fourth-order valence-electron chi connectivity index (χ4n) is 2.93. The first kappa shape index (κ1) is 16.0. The van der Waals surface area contributed by atoms with Crippen LogP contribution in [0.25, 0.3) is 10.9 Å². The first-order valence-corrected chi connectivity index (χ1v) is 9.30. The van der Waals surface area contributed by atoms with E-state index in [4.69, 9.17) is 4.98 Å². The molecule has 1 atom stereocenters. The van der Waals surface area contributed by atoms with Crippen molar-refractivity contribution < 1.29 is 4.79 Å². The molecule has 0 radical (unpaired) electrons. The molecule has 25 heavy (non-hydrogen) atoms. The topological polar surface area (TPSA) is 59.0 Å². The summed E-state index contributed by atoms with van der Waals surface area (Å²) in [6, 6.07) is 12.1. The van der Waals surface area contributed by atoms with Crippen LogP contribution >= 0.6 is 11.8 Å². The predicted octanol–water partition coefficient (Wildman–Crippen LogP) is 3.50. The lowest BCUT2D eigenvalue weighted by Crippen LogP contribution is -2.37. The van der Waals surface area contributed by atoms with E-state index in [1.165, 1.54) is 0 Å². The van der Waals surface area contributed by atoms with Gasteiger partial charge in [-0.1, -0.05) is 24.3 Å². The highest BCUT2D eigenvalue weighted by molar-refractivity contribution is 7.99. The Morgan fingerprint density at radius 3 is 2.88 bits per heavy atom. The quantitative estimate of drug-likeness (QED) is 0.723. The van der Waals surface area contributed by atoms with Crippen LogP contribution in [-0.2, 0) is 11.3 Å². The Kier molecular flexibility index (Phi) is 4.36. The highest BCUT2D eigenvalue weighted by atomic mass is 32.2. The largest absolute Gasteiger partial charge is 0.319 e. The molecule has 2 aromatic heterocycles. The van der Waals surface area contributed by atoms with E-state index in [9.17, 15) is 4.79 Å². The number of benzene rings is 1. The van der Waals surface area contributed by atoms with Crippen LogP contribution in [0.4, 0.5) is 0 Å². The third-order valence-electron chi connectivity index (χ3n) is 4.23. The van der Waals surface area contributed by atoms with Gasteiger partial charge in [-0.05, 0) is 19.1 Å². The van der Waals surface area contributed by atoms with Gasteiger partial charge in [0, 0.05) is 23.8 Å². The summed E-state index contributed by atoms with van der Waals surface area (Å²) < 4.78 is 0. The molecule has 0 spiro atoms. The van der Waals surface area contributed by atoms with Crippen molar-refractivity contribution in [2.75, 3.05) is 5.75 Å². The normalized spacial score (nSPS) is 17.9. The zero-order valence-electron chi connectivity index (χ0n) is 13.9. The summed E-state index contributed by atoms with van der Waals surface area (Å²) in [7, 11) is 0. The standard InChI is InChI=1S/C19H18N4OS/c1-13-10-21-15(11-20-13)12-23-18(24)8-9-25-19(23)17-7-6-14-4-2-3-5-16(14)22-17/h2-7,10-11,19H,8-9,12H2,1H3. The number of carbonyl (C=O) groups is 1. The van der Waals surface area contributed by atoms with E-state index in [1.54, 1.807) is 24.2 Å². The molecule has 1 amide bonds. The number of para-hydroxylation sites is 1. The van der Waals surface area contributed by atoms with Crippen molar-refractivity contribution in [2.24, 2.45) is 0 Å². The summed E-state index contributed by atoms with van der Waals surface area (Å²) in [4.78, 5) is 27.9. The maximum absolute atomic E-state index is 12.5. The van der Waals surface area contributed by atoms with Crippen LogP contribution in [0.2, 0.25) is 0 Å². The van der Waals surface area contributed by atoms with Crippen LogP contribution in [0.3, 0.4) is 0 Å². The SMILES string of the molecule is Cc1cnc(CN2C(=O)CCSC2c2ccc3ccccc3n2)cn1. The molecule has 1 unspecified atom stereocenters. The maximum atomic E-state index is 12.5. The van der Waals surface area contributed by atoms with Crippen molar-refractivity contribution in [3.63, 3.8) is 0 Å². The van der Waals surface area contributed by atoms with Gasteiger partial charge < -0.3 is 4.90 Å². The lowest BCUT2D eigenvalue weighted by atomic mass is 10.2. The van der Waals surface area contributed by atoms with Gasteiger partial charge in [0.25, 0.3) is 0 Å². The molecular formula is C19H18N4OS. The molecule has 3 heterocycles. The Hall–Kier alpha value is -2.47. The molecule has 1 fully saturated rings. The smallest absolute Gasteiger partial charge is 0.224 e. The number of nitrogens with zero attached hydrogens (tertiary/aromatic N) is 4. The van der Waals surface area contributed by atoms with E-state index >= 15 is 0 Å². The van der Waals surface area contributed by atoms with E-state index in [2.05, 4.69) is 16.0 Å². The minimum absolute atomic E-state index is 0.0889. The average Bonchev–Trinajstić information content (AvgIpc) is 2.65. The van der Waals surface area contributed by atoms with E-state index in [0.717, 1.165) is 33.7 Å². The van der Waals surface area contributed by atoms with Crippen molar-refractivity contribution >= 4 is 28.6 Å². The molecule has 1 saturated heterocycles. The van der Waals surface area contributed by atoms with Gasteiger partial charge in [0.15, 0.2) is 0 Å². The van der Waals surface area contributed by atoms with Gasteiger partial charge in [-0.3, -0.25) is 14.8 Å². The first-order chi connectivity index (χ1) is 12.2. The number of pyridine rings is 1. The van der Waals surface area contributed by atoms with E-state index in [0.29, 0.717) is 13.0 Å². The minimum Gasteiger partial charge on any atom is -0.319 e. The summed E-state index contributed by atoms with van der Waals surface area (Å²) in [5.74, 6) is 0.953. The molecular weight excluding hydrogens is 332 g/mol. The second kappa shape index (κ2) is 6.80. The number of hydrogen-bond acceptors (Lipinski definition) is 5. The van der Waals surface area contributed by atoms with Crippen LogP contribution in [0.15, 0.2) is 48.8 Å². The second-order valence-electron chi connectivity index (χ2n) is 6.07. The van der Waals surface area contributed by atoms with Crippen LogP contribution in [-0.4, -0.2) is 31.5 Å². The summed E-state index contributed by atoms with van der Waals surface area (Å²) in [5.41, 5.74) is 3.54. The third-order valence-corrected chi connectivity index (χ3v) is 5.49. The molecule has 0 N–H and O–H groups in total. The number of thioether (sulfide) groups is 1. The van der Waals surface area contributed by atoms with E-state index in [1.807, 2.05) is 42.2 Å². The molecule has 1 aromatic carbocycles. The Bertz CT molecular complexity index is 913. The molecule has 1 aliphatic rings. The molecule has 126 valence electrons. The molecule has 3 aromatic rings. The zero-order chi connectivity index (χ0) is 17.2. The molecule has 6 heteroatoms. The maximum Gasteiger partial charge on any atom is 0.224 e. The zero-order valence-corrected chi connectivity index (χ0v) is 14.7. The van der Waals surface area contributed by atoms with Crippen LogP contribution in [0.1, 0.15) is 28.9 Å². The molecule has 5 nitrogen and oxygen atoms in total. The van der Waals surface area contributed by atoms with Gasteiger partial charge in [-0.25, -0.2) is 4.98 Å². The molecule has 0 bridgehead atoms. The van der Waals surface area contributed by atoms with Gasteiger partial charge >= 0.3 is 0 Å². The number of amides is 1. The van der Waals surface area contributed by atoms with Gasteiger partial charge in [0.1, 0.15) is 5.37 Å². The van der Waals surface area contributed by atoms with E-state index < -0.39 is 0 Å². The first-order valence-electron chi connectivity index (χ1n) is 8.25. The van der Waals surface area contributed by atoms with Crippen LogP contribution < -0.4 is 0 Å². The number of fused-ring (bicyclic) bond motifs is 1. The second-order valence-corrected chi connectivity index (χ2v) is 7.26. The fraction of sp³-hybridized carbons (Fsp3) is 0.263. The lowest BCUT2D eigenvalue weighted by molar-refractivity contribution is -0.132. The average molecular weight is 350 g/mol. The summed E-state index contributed by atoms with van der Waals surface area (Å²) >= 11 is 1.75. The number of carbonyl (C=O) groups excluding carboxylic acids is 1. The molecule has 4 rings (SSSR count). The number of rotatable bonds is 3. The Morgan fingerprint density at radius 1 is 1.16 bits per heavy atom. The van der Waals surface area contributed by atoms with Gasteiger partial charge in [0.05, 0.1) is 35.3 Å².